The number of anilines is 1. The zero-order valence-electron chi connectivity index (χ0n) is 10.9. The lowest BCUT2D eigenvalue weighted by Gasteiger charge is -2.17. The first-order valence-corrected chi connectivity index (χ1v) is 5.89. The van der Waals surface area contributed by atoms with Crippen LogP contribution in [-0.2, 0) is 0 Å². The monoisotopic (exact) mass is 267 g/mol. The first kappa shape index (κ1) is 13.3. The van der Waals surface area contributed by atoms with Gasteiger partial charge in [-0.15, -0.1) is 0 Å². The summed E-state index contributed by atoms with van der Waals surface area (Å²) in [7, 11) is 0. The second kappa shape index (κ2) is 4.53. The van der Waals surface area contributed by atoms with Gasteiger partial charge in [0, 0.05) is 12.1 Å². The van der Waals surface area contributed by atoms with Crippen molar-refractivity contribution in [2.75, 3.05) is 5.73 Å². The van der Waals surface area contributed by atoms with Crippen LogP contribution in [0.2, 0.25) is 0 Å². The van der Waals surface area contributed by atoms with Crippen LogP contribution in [0.25, 0.3) is 5.69 Å². The molecular weight excluding hydrogens is 252 g/mol. The molecule has 6 heteroatoms. The Bertz CT molecular complexity index is 686. The van der Waals surface area contributed by atoms with Crippen LogP contribution in [0.5, 0.6) is 0 Å². The third kappa shape index (κ3) is 2.03. The van der Waals surface area contributed by atoms with Crippen LogP contribution < -0.4 is 11.3 Å². The van der Waals surface area contributed by atoms with Crippen LogP contribution >= 0.6 is 0 Å². The number of aromatic nitrogens is 2. The van der Waals surface area contributed by atoms with Crippen molar-refractivity contribution in [2.45, 2.75) is 26.8 Å². The molecule has 0 radical (unpaired) electrons. The fourth-order valence-electron chi connectivity index (χ4n) is 2.14. The van der Waals surface area contributed by atoms with Gasteiger partial charge in [-0.2, -0.15) is 0 Å². The van der Waals surface area contributed by atoms with Gasteiger partial charge in [-0.1, -0.05) is 0 Å². The first-order valence-electron chi connectivity index (χ1n) is 5.89. The molecule has 0 spiro atoms. The molecule has 0 saturated carbocycles. The number of nitrogens with zero attached hydrogens (tertiary/aromatic N) is 2. The fourth-order valence-corrected chi connectivity index (χ4v) is 2.14. The molecule has 0 unspecified atom stereocenters. The van der Waals surface area contributed by atoms with Crippen molar-refractivity contribution in [3.8, 4) is 5.69 Å². The summed E-state index contributed by atoms with van der Waals surface area (Å²) in [6, 6.07) is 2.98. The Kier molecular flexibility index (Phi) is 3.18. The molecule has 0 bridgehead atoms. The molecule has 0 aliphatic rings. The SMILES string of the molecule is Cc1c(N)c(=O)n(-c2ccc(F)cc2F)n1C(C)C. The van der Waals surface area contributed by atoms with E-state index in [1.54, 1.807) is 11.6 Å². The van der Waals surface area contributed by atoms with Gasteiger partial charge >= 0.3 is 0 Å². The predicted molar refractivity (Wildman–Crippen MR) is 69.5 cm³/mol. The van der Waals surface area contributed by atoms with Crippen molar-refractivity contribution in [1.29, 1.82) is 0 Å². The molecule has 1 aromatic carbocycles. The van der Waals surface area contributed by atoms with Crippen LogP contribution in [0, 0.1) is 18.6 Å². The Morgan fingerprint density at radius 1 is 1.26 bits per heavy atom. The molecule has 0 aliphatic carbocycles. The Morgan fingerprint density at radius 3 is 2.42 bits per heavy atom. The topological polar surface area (TPSA) is 53.0 Å². The van der Waals surface area contributed by atoms with Gasteiger partial charge in [-0.25, -0.2) is 13.5 Å². The lowest BCUT2D eigenvalue weighted by atomic mass is 10.3. The van der Waals surface area contributed by atoms with E-state index in [2.05, 4.69) is 0 Å². The predicted octanol–water partition coefficient (Wildman–Crippen LogP) is 2.39. The van der Waals surface area contributed by atoms with Crippen LogP contribution in [-0.4, -0.2) is 9.36 Å². The summed E-state index contributed by atoms with van der Waals surface area (Å²) >= 11 is 0. The molecule has 0 amide bonds. The molecule has 4 nitrogen and oxygen atoms in total. The Balaban J connectivity index is 2.82. The lowest BCUT2D eigenvalue weighted by molar-refractivity contribution is 0.455. The number of hydrogen-bond donors (Lipinski definition) is 1. The van der Waals surface area contributed by atoms with E-state index in [1.165, 1.54) is 6.07 Å². The van der Waals surface area contributed by atoms with Gasteiger partial charge in [-0.3, -0.25) is 9.48 Å². The minimum Gasteiger partial charge on any atom is -0.393 e. The summed E-state index contributed by atoms with van der Waals surface area (Å²) in [5, 5.41) is 0. The van der Waals surface area contributed by atoms with E-state index < -0.39 is 17.2 Å². The molecule has 19 heavy (non-hydrogen) atoms. The van der Waals surface area contributed by atoms with Crippen molar-refractivity contribution in [3.05, 3.63) is 45.9 Å². The fraction of sp³-hybridized carbons (Fsp3) is 0.308. The molecule has 2 rings (SSSR count). The summed E-state index contributed by atoms with van der Waals surface area (Å²) in [5.41, 5.74) is 5.82. The highest BCUT2D eigenvalue weighted by Crippen LogP contribution is 2.20. The van der Waals surface area contributed by atoms with Crippen LogP contribution in [0.1, 0.15) is 25.6 Å². The van der Waals surface area contributed by atoms with Crippen molar-refractivity contribution in [3.63, 3.8) is 0 Å². The van der Waals surface area contributed by atoms with Gasteiger partial charge in [0.1, 0.15) is 17.2 Å². The average molecular weight is 267 g/mol. The quantitative estimate of drug-likeness (QED) is 0.908. The van der Waals surface area contributed by atoms with E-state index in [1.807, 2.05) is 13.8 Å². The highest BCUT2D eigenvalue weighted by molar-refractivity contribution is 5.45. The maximum Gasteiger partial charge on any atom is 0.294 e. The van der Waals surface area contributed by atoms with Gasteiger partial charge in [0.25, 0.3) is 5.56 Å². The average Bonchev–Trinajstić information content (AvgIpc) is 2.54. The van der Waals surface area contributed by atoms with Crippen LogP contribution in [0.15, 0.2) is 23.0 Å². The van der Waals surface area contributed by atoms with Gasteiger partial charge in [0.05, 0.1) is 5.69 Å². The Morgan fingerprint density at radius 2 is 1.89 bits per heavy atom. The standard InChI is InChI=1S/C13H15F2N3O/c1-7(2)17-8(3)12(16)13(19)18(17)11-5-4-9(14)6-10(11)15/h4-7H,16H2,1-3H3. The summed E-state index contributed by atoms with van der Waals surface area (Å²) in [4.78, 5) is 12.1. The number of nitrogens with two attached hydrogens (primary N) is 1. The lowest BCUT2D eigenvalue weighted by Crippen LogP contribution is -2.24. The second-order valence-corrected chi connectivity index (χ2v) is 4.65. The van der Waals surface area contributed by atoms with Gasteiger partial charge in [0.15, 0.2) is 5.82 Å². The molecule has 2 aromatic rings. The maximum atomic E-state index is 13.8. The summed E-state index contributed by atoms with van der Waals surface area (Å²) in [5.74, 6) is -1.50. The van der Waals surface area contributed by atoms with Crippen molar-refractivity contribution in [1.82, 2.24) is 9.36 Å². The molecule has 1 heterocycles. The smallest absolute Gasteiger partial charge is 0.294 e. The van der Waals surface area contributed by atoms with Crippen LogP contribution in [0.3, 0.4) is 0 Å². The van der Waals surface area contributed by atoms with Crippen molar-refractivity contribution in [2.24, 2.45) is 0 Å². The van der Waals surface area contributed by atoms with Gasteiger partial charge in [-0.05, 0) is 32.9 Å². The second-order valence-electron chi connectivity index (χ2n) is 4.65. The third-order valence-corrected chi connectivity index (χ3v) is 3.00. The highest BCUT2D eigenvalue weighted by atomic mass is 19.1. The number of hydrogen-bond acceptors (Lipinski definition) is 2. The summed E-state index contributed by atoms with van der Waals surface area (Å²) < 4.78 is 29.5. The van der Waals surface area contributed by atoms with Crippen LogP contribution in [0.4, 0.5) is 14.5 Å². The van der Waals surface area contributed by atoms with E-state index in [0.29, 0.717) is 5.69 Å². The molecule has 0 saturated heterocycles. The zero-order chi connectivity index (χ0) is 14.3. The normalized spacial score (nSPS) is 11.3. The first-order chi connectivity index (χ1) is 8.84. The Labute approximate surface area is 109 Å². The van der Waals surface area contributed by atoms with Gasteiger partial charge in [0.2, 0.25) is 0 Å². The molecule has 2 N–H and O–H groups in total. The number of halogens is 2. The molecule has 1 aromatic heterocycles. The summed E-state index contributed by atoms with van der Waals surface area (Å²) in [6.45, 7) is 5.39. The van der Waals surface area contributed by atoms with E-state index in [0.717, 1.165) is 16.8 Å². The molecule has 102 valence electrons. The van der Waals surface area contributed by atoms with E-state index in [4.69, 9.17) is 5.73 Å². The van der Waals surface area contributed by atoms with E-state index >= 15 is 0 Å². The molecule has 0 aliphatic heterocycles. The Hall–Kier alpha value is -2.11. The van der Waals surface area contributed by atoms with Crippen molar-refractivity contribution < 1.29 is 8.78 Å². The molecule has 0 atom stereocenters. The number of rotatable bonds is 2. The summed E-state index contributed by atoms with van der Waals surface area (Å²) in [6.07, 6.45) is 0. The third-order valence-electron chi connectivity index (χ3n) is 3.00. The van der Waals surface area contributed by atoms with Gasteiger partial charge < -0.3 is 5.73 Å². The zero-order valence-corrected chi connectivity index (χ0v) is 10.9. The van der Waals surface area contributed by atoms with E-state index in [-0.39, 0.29) is 17.4 Å². The largest absolute Gasteiger partial charge is 0.393 e. The minimum absolute atomic E-state index is 0.0140. The number of nitrogen functional groups attached to an aromatic ring is 1. The number of benzene rings is 1. The minimum atomic E-state index is -0.804. The molecule has 0 fully saturated rings. The van der Waals surface area contributed by atoms with Crippen molar-refractivity contribution >= 4 is 5.69 Å². The molecular formula is C13H15F2N3O. The van der Waals surface area contributed by atoms with E-state index in [9.17, 15) is 13.6 Å². The maximum absolute atomic E-state index is 13.8. The highest BCUT2D eigenvalue weighted by Gasteiger charge is 2.20.